The molecule has 2 saturated carbocycles. The lowest BCUT2D eigenvalue weighted by molar-refractivity contribution is 0.191. The Kier molecular flexibility index (Phi) is 5.71. The van der Waals surface area contributed by atoms with Crippen molar-refractivity contribution < 1.29 is 4.79 Å². The summed E-state index contributed by atoms with van der Waals surface area (Å²) in [7, 11) is 0. The molecule has 2 fully saturated rings. The second-order valence-electron chi connectivity index (χ2n) is 8.05. The molecule has 27 heavy (non-hydrogen) atoms. The van der Waals surface area contributed by atoms with Gasteiger partial charge in [0.2, 0.25) is 0 Å². The molecule has 4 nitrogen and oxygen atoms in total. The summed E-state index contributed by atoms with van der Waals surface area (Å²) >= 11 is 0. The third-order valence-corrected chi connectivity index (χ3v) is 6.17. The Morgan fingerprint density at radius 3 is 2.70 bits per heavy atom. The van der Waals surface area contributed by atoms with E-state index in [0.717, 1.165) is 36.9 Å². The van der Waals surface area contributed by atoms with Crippen LogP contribution in [0.15, 0.2) is 54.9 Å². The van der Waals surface area contributed by atoms with Gasteiger partial charge in [0.05, 0.1) is 0 Å². The van der Waals surface area contributed by atoms with Crippen LogP contribution in [0.5, 0.6) is 0 Å². The van der Waals surface area contributed by atoms with Crippen LogP contribution >= 0.6 is 0 Å². The molecule has 4 rings (SSSR count). The van der Waals surface area contributed by atoms with Gasteiger partial charge in [-0.05, 0) is 60.3 Å². The molecule has 0 spiro atoms. The predicted molar refractivity (Wildman–Crippen MR) is 107 cm³/mol. The largest absolute Gasteiger partial charge is 0.338 e. The summed E-state index contributed by atoms with van der Waals surface area (Å²) in [5.74, 6) is 2.51. The Labute approximate surface area is 162 Å². The van der Waals surface area contributed by atoms with Crippen molar-refractivity contribution in [2.45, 2.75) is 38.6 Å². The minimum absolute atomic E-state index is 0.0607. The Bertz CT molecular complexity index is 734. The number of carbonyl (C=O) groups excluding carboxylic acids is 1. The van der Waals surface area contributed by atoms with Gasteiger partial charge in [-0.25, -0.2) is 4.79 Å². The van der Waals surface area contributed by atoms with Crippen LogP contribution in [0.25, 0.3) is 0 Å². The molecule has 2 aliphatic carbocycles. The van der Waals surface area contributed by atoms with Gasteiger partial charge in [0, 0.05) is 32.0 Å². The SMILES string of the molecule is O=C(NCC1CCCC2CC12)N(CCc1ccccc1)Cc1ccncc1. The number of amides is 2. The van der Waals surface area contributed by atoms with Crippen molar-refractivity contribution in [3.8, 4) is 0 Å². The average Bonchev–Trinajstić information content (AvgIpc) is 3.51. The summed E-state index contributed by atoms with van der Waals surface area (Å²) in [5.41, 5.74) is 2.38. The molecule has 1 N–H and O–H groups in total. The van der Waals surface area contributed by atoms with Crippen LogP contribution in [0, 0.1) is 17.8 Å². The Hall–Kier alpha value is -2.36. The fourth-order valence-corrected chi connectivity index (χ4v) is 4.49. The molecule has 2 aromatic rings. The van der Waals surface area contributed by atoms with Crippen LogP contribution in [0.2, 0.25) is 0 Å². The lowest BCUT2D eigenvalue weighted by Crippen LogP contribution is -2.43. The predicted octanol–water partition coefficient (Wildman–Crippen LogP) is 4.27. The quantitative estimate of drug-likeness (QED) is 0.798. The molecule has 4 heteroatoms. The standard InChI is InChI=1S/C23H29N3O/c27-23(25-16-21-8-4-7-20-15-22(20)21)26(17-19-9-12-24-13-10-19)14-11-18-5-2-1-3-6-18/h1-3,5-6,9-10,12-13,20-22H,4,7-8,11,14-17H2,(H,25,27). The van der Waals surface area contributed by atoms with Crippen LogP contribution in [-0.2, 0) is 13.0 Å². The normalized spacial score (nSPS) is 23.3. The van der Waals surface area contributed by atoms with Gasteiger partial charge in [-0.2, -0.15) is 0 Å². The zero-order valence-corrected chi connectivity index (χ0v) is 15.9. The highest BCUT2D eigenvalue weighted by atomic mass is 16.2. The van der Waals surface area contributed by atoms with Crippen LogP contribution in [0.4, 0.5) is 4.79 Å². The van der Waals surface area contributed by atoms with Crippen molar-refractivity contribution >= 4 is 6.03 Å². The second-order valence-corrected chi connectivity index (χ2v) is 8.05. The first kappa shape index (κ1) is 18.0. The smallest absolute Gasteiger partial charge is 0.317 e. The molecule has 3 atom stereocenters. The molecule has 2 aliphatic rings. The fraction of sp³-hybridized carbons (Fsp3) is 0.478. The third kappa shape index (κ3) is 4.88. The van der Waals surface area contributed by atoms with E-state index in [-0.39, 0.29) is 6.03 Å². The third-order valence-electron chi connectivity index (χ3n) is 6.17. The maximum Gasteiger partial charge on any atom is 0.317 e. The summed E-state index contributed by atoms with van der Waals surface area (Å²) in [6.45, 7) is 2.17. The summed E-state index contributed by atoms with van der Waals surface area (Å²) in [6.07, 6.45) is 9.84. The molecule has 142 valence electrons. The number of urea groups is 1. The molecule has 1 aromatic carbocycles. The Morgan fingerprint density at radius 1 is 1.07 bits per heavy atom. The number of fused-ring (bicyclic) bond motifs is 1. The molecular weight excluding hydrogens is 334 g/mol. The van der Waals surface area contributed by atoms with Crippen LogP contribution < -0.4 is 5.32 Å². The van der Waals surface area contributed by atoms with Gasteiger partial charge in [0.1, 0.15) is 0 Å². The fourth-order valence-electron chi connectivity index (χ4n) is 4.49. The van der Waals surface area contributed by atoms with Crippen LogP contribution in [0.1, 0.15) is 36.8 Å². The highest BCUT2D eigenvalue weighted by Crippen LogP contribution is 2.52. The van der Waals surface area contributed by atoms with Gasteiger partial charge >= 0.3 is 6.03 Å². The minimum Gasteiger partial charge on any atom is -0.338 e. The number of nitrogens with one attached hydrogen (secondary N) is 1. The van der Waals surface area contributed by atoms with E-state index >= 15 is 0 Å². The summed E-state index contributed by atoms with van der Waals surface area (Å²) < 4.78 is 0. The zero-order chi connectivity index (χ0) is 18.5. The monoisotopic (exact) mass is 363 g/mol. The maximum atomic E-state index is 12.9. The lowest BCUT2D eigenvalue weighted by atomic mass is 9.89. The summed E-state index contributed by atoms with van der Waals surface area (Å²) in [6, 6.07) is 14.4. The average molecular weight is 364 g/mol. The molecule has 1 aromatic heterocycles. The number of hydrogen-bond donors (Lipinski definition) is 1. The number of benzene rings is 1. The van der Waals surface area contributed by atoms with Gasteiger partial charge in [-0.1, -0.05) is 43.2 Å². The van der Waals surface area contributed by atoms with Gasteiger partial charge in [-0.3, -0.25) is 4.98 Å². The number of nitrogens with zero attached hydrogens (tertiary/aromatic N) is 2. The molecule has 0 saturated heterocycles. The van der Waals surface area contributed by atoms with Gasteiger partial charge in [-0.15, -0.1) is 0 Å². The zero-order valence-electron chi connectivity index (χ0n) is 15.9. The van der Waals surface area contributed by atoms with Crippen molar-refractivity contribution in [1.82, 2.24) is 15.2 Å². The highest BCUT2D eigenvalue weighted by Gasteiger charge is 2.44. The molecular formula is C23H29N3O. The van der Waals surface area contributed by atoms with Crippen molar-refractivity contribution in [2.75, 3.05) is 13.1 Å². The highest BCUT2D eigenvalue weighted by molar-refractivity contribution is 5.74. The molecule has 2 amide bonds. The van der Waals surface area contributed by atoms with E-state index in [1.54, 1.807) is 12.4 Å². The topological polar surface area (TPSA) is 45.2 Å². The lowest BCUT2D eigenvalue weighted by Gasteiger charge is -2.26. The summed E-state index contributed by atoms with van der Waals surface area (Å²) in [5, 5.41) is 3.24. The molecule has 0 aliphatic heterocycles. The van der Waals surface area contributed by atoms with Gasteiger partial charge < -0.3 is 10.2 Å². The van der Waals surface area contributed by atoms with Crippen molar-refractivity contribution in [1.29, 1.82) is 0 Å². The Balaban J connectivity index is 1.35. The number of hydrogen-bond acceptors (Lipinski definition) is 2. The first-order valence-corrected chi connectivity index (χ1v) is 10.2. The van der Waals surface area contributed by atoms with E-state index in [1.165, 1.54) is 31.2 Å². The van der Waals surface area contributed by atoms with Crippen LogP contribution in [-0.4, -0.2) is 29.0 Å². The van der Waals surface area contributed by atoms with Crippen LogP contribution in [0.3, 0.4) is 0 Å². The van der Waals surface area contributed by atoms with E-state index in [2.05, 4.69) is 34.6 Å². The maximum absolute atomic E-state index is 12.9. The van der Waals surface area contributed by atoms with E-state index in [0.29, 0.717) is 12.5 Å². The number of aromatic nitrogens is 1. The number of carbonyl (C=O) groups is 1. The van der Waals surface area contributed by atoms with Gasteiger partial charge in [0.15, 0.2) is 0 Å². The number of rotatable bonds is 7. The van der Waals surface area contributed by atoms with Crippen molar-refractivity contribution in [3.05, 3.63) is 66.0 Å². The Morgan fingerprint density at radius 2 is 1.89 bits per heavy atom. The van der Waals surface area contributed by atoms with E-state index in [1.807, 2.05) is 23.1 Å². The second kappa shape index (κ2) is 8.55. The minimum atomic E-state index is 0.0607. The molecule has 1 heterocycles. The molecule has 0 radical (unpaired) electrons. The van der Waals surface area contributed by atoms with E-state index < -0.39 is 0 Å². The van der Waals surface area contributed by atoms with Crippen molar-refractivity contribution in [2.24, 2.45) is 17.8 Å². The van der Waals surface area contributed by atoms with Crippen molar-refractivity contribution in [3.63, 3.8) is 0 Å². The number of pyridine rings is 1. The van der Waals surface area contributed by atoms with E-state index in [9.17, 15) is 4.79 Å². The first-order chi connectivity index (χ1) is 13.3. The summed E-state index contributed by atoms with van der Waals surface area (Å²) in [4.78, 5) is 19.0. The molecule has 3 unspecified atom stereocenters. The first-order valence-electron chi connectivity index (χ1n) is 10.2. The molecule has 0 bridgehead atoms. The van der Waals surface area contributed by atoms with E-state index in [4.69, 9.17) is 0 Å². The van der Waals surface area contributed by atoms with Gasteiger partial charge in [0.25, 0.3) is 0 Å².